The first-order chi connectivity index (χ1) is 9.60. The van der Waals surface area contributed by atoms with Gasteiger partial charge in [0.1, 0.15) is 6.04 Å². The van der Waals surface area contributed by atoms with Crippen LogP contribution in [0, 0.1) is 5.41 Å². The average Bonchev–Trinajstić information content (AvgIpc) is 2.82. The molecule has 1 heterocycles. The van der Waals surface area contributed by atoms with Gasteiger partial charge in [0.25, 0.3) is 5.91 Å². The van der Waals surface area contributed by atoms with Crippen molar-refractivity contribution in [1.29, 1.82) is 0 Å². The first kappa shape index (κ1) is 17.2. The Balaban J connectivity index is 2.69. The molecule has 1 atom stereocenters. The number of nitrogens with zero attached hydrogens (tertiary/aromatic N) is 1. The fourth-order valence-electron chi connectivity index (χ4n) is 1.73. The lowest BCUT2D eigenvalue weighted by molar-refractivity contribution is -0.139. The predicted octanol–water partition coefficient (Wildman–Crippen LogP) is 2.81. The zero-order chi connectivity index (χ0) is 16.2. The Bertz CT molecular complexity index is 500. The molecule has 1 amide bonds. The van der Waals surface area contributed by atoms with Gasteiger partial charge in [0.05, 0.1) is 5.69 Å². The van der Waals surface area contributed by atoms with Crippen LogP contribution in [-0.2, 0) is 4.79 Å². The average molecular weight is 296 g/mol. The Morgan fingerprint density at radius 1 is 1.38 bits per heavy atom. The number of carboxylic acids is 1. The second-order valence-corrected chi connectivity index (χ2v) is 6.73. The lowest BCUT2D eigenvalue weighted by Gasteiger charge is -2.21. The van der Waals surface area contributed by atoms with Gasteiger partial charge in [-0.25, -0.2) is 4.79 Å². The van der Waals surface area contributed by atoms with Gasteiger partial charge >= 0.3 is 5.97 Å². The van der Waals surface area contributed by atoms with Crippen LogP contribution in [-0.4, -0.2) is 28.2 Å². The number of nitrogens with one attached hydrogen (secondary N) is 1. The van der Waals surface area contributed by atoms with Crippen molar-refractivity contribution in [3.63, 3.8) is 0 Å². The fourth-order valence-corrected chi connectivity index (χ4v) is 1.73. The van der Waals surface area contributed by atoms with Crippen molar-refractivity contribution in [2.45, 2.75) is 59.4 Å². The van der Waals surface area contributed by atoms with Gasteiger partial charge < -0.3 is 14.9 Å². The van der Waals surface area contributed by atoms with Crippen molar-refractivity contribution < 1.29 is 19.2 Å². The van der Waals surface area contributed by atoms with Crippen LogP contribution in [0.2, 0.25) is 0 Å². The van der Waals surface area contributed by atoms with Crippen LogP contribution in [0.15, 0.2) is 10.6 Å². The molecule has 1 unspecified atom stereocenters. The molecule has 0 aromatic carbocycles. The largest absolute Gasteiger partial charge is 0.480 e. The van der Waals surface area contributed by atoms with Crippen molar-refractivity contribution in [2.24, 2.45) is 5.41 Å². The standard InChI is InChI=1S/C15H24N2O4/c1-9(2)11-8-12(21-17-11)13(18)16-10(14(19)20)6-7-15(3,4)5/h8-10H,6-7H2,1-5H3,(H,16,18)(H,19,20). The highest BCUT2D eigenvalue weighted by Crippen LogP contribution is 2.22. The van der Waals surface area contributed by atoms with Crippen molar-refractivity contribution >= 4 is 11.9 Å². The minimum Gasteiger partial charge on any atom is -0.480 e. The smallest absolute Gasteiger partial charge is 0.326 e. The van der Waals surface area contributed by atoms with Gasteiger partial charge in [-0.15, -0.1) is 0 Å². The van der Waals surface area contributed by atoms with E-state index in [0.717, 1.165) is 0 Å². The van der Waals surface area contributed by atoms with Gasteiger partial charge in [-0.05, 0) is 24.2 Å². The van der Waals surface area contributed by atoms with Crippen LogP contribution in [0.4, 0.5) is 0 Å². The highest BCUT2D eigenvalue weighted by Gasteiger charge is 2.25. The number of amides is 1. The van der Waals surface area contributed by atoms with E-state index in [4.69, 9.17) is 4.52 Å². The Hall–Kier alpha value is -1.85. The van der Waals surface area contributed by atoms with E-state index in [2.05, 4.69) is 10.5 Å². The first-order valence-electron chi connectivity index (χ1n) is 7.10. The Morgan fingerprint density at radius 3 is 2.43 bits per heavy atom. The minimum absolute atomic E-state index is 0.00940. The third-order valence-corrected chi connectivity index (χ3v) is 3.13. The number of carboxylic acid groups (broad SMARTS) is 1. The number of aliphatic carboxylic acids is 1. The third-order valence-electron chi connectivity index (χ3n) is 3.13. The molecule has 6 nitrogen and oxygen atoms in total. The quantitative estimate of drug-likeness (QED) is 0.842. The van der Waals surface area contributed by atoms with Gasteiger partial charge in [-0.3, -0.25) is 4.79 Å². The van der Waals surface area contributed by atoms with E-state index in [1.165, 1.54) is 0 Å². The molecule has 0 saturated carbocycles. The second kappa shape index (κ2) is 6.74. The monoisotopic (exact) mass is 296 g/mol. The third kappa shape index (κ3) is 5.57. The zero-order valence-corrected chi connectivity index (χ0v) is 13.3. The van der Waals surface area contributed by atoms with Crippen LogP contribution < -0.4 is 5.32 Å². The highest BCUT2D eigenvalue weighted by atomic mass is 16.5. The fraction of sp³-hybridized carbons (Fsp3) is 0.667. The van der Waals surface area contributed by atoms with Gasteiger partial charge in [-0.1, -0.05) is 39.8 Å². The van der Waals surface area contributed by atoms with Crippen molar-refractivity contribution in [3.05, 3.63) is 17.5 Å². The summed E-state index contributed by atoms with van der Waals surface area (Å²) in [6.07, 6.45) is 1.06. The second-order valence-electron chi connectivity index (χ2n) is 6.73. The van der Waals surface area contributed by atoms with E-state index in [-0.39, 0.29) is 17.1 Å². The van der Waals surface area contributed by atoms with E-state index in [9.17, 15) is 14.7 Å². The number of carbonyl (C=O) groups excluding carboxylic acids is 1. The SMILES string of the molecule is CC(C)c1cc(C(=O)NC(CCC(C)(C)C)C(=O)O)on1. The summed E-state index contributed by atoms with van der Waals surface area (Å²) in [6.45, 7) is 9.95. The number of rotatable bonds is 6. The van der Waals surface area contributed by atoms with Gasteiger partial charge in [-0.2, -0.15) is 0 Å². The summed E-state index contributed by atoms with van der Waals surface area (Å²) in [5.74, 6) is -1.40. The summed E-state index contributed by atoms with van der Waals surface area (Å²) in [4.78, 5) is 23.2. The van der Waals surface area contributed by atoms with E-state index in [1.807, 2.05) is 34.6 Å². The molecule has 1 aromatic rings. The lowest BCUT2D eigenvalue weighted by atomic mass is 9.88. The normalized spacial score (nSPS) is 13.2. The van der Waals surface area contributed by atoms with Gasteiger partial charge in [0.15, 0.2) is 0 Å². The Morgan fingerprint density at radius 2 is 2.00 bits per heavy atom. The predicted molar refractivity (Wildman–Crippen MR) is 78.2 cm³/mol. The van der Waals surface area contributed by atoms with Crippen LogP contribution >= 0.6 is 0 Å². The topological polar surface area (TPSA) is 92.4 Å². The number of hydrogen-bond donors (Lipinski definition) is 2. The molecule has 0 saturated heterocycles. The molecule has 0 aliphatic heterocycles. The zero-order valence-electron chi connectivity index (χ0n) is 13.3. The summed E-state index contributed by atoms with van der Waals surface area (Å²) in [5, 5.41) is 15.5. The molecular weight excluding hydrogens is 272 g/mol. The summed E-state index contributed by atoms with van der Waals surface area (Å²) in [7, 11) is 0. The molecule has 21 heavy (non-hydrogen) atoms. The first-order valence-corrected chi connectivity index (χ1v) is 7.10. The highest BCUT2D eigenvalue weighted by molar-refractivity contribution is 5.94. The molecule has 1 rings (SSSR count). The van der Waals surface area contributed by atoms with Crippen molar-refractivity contribution in [3.8, 4) is 0 Å². The van der Waals surface area contributed by atoms with Crippen LogP contribution in [0.1, 0.15) is 69.6 Å². The number of aromatic nitrogens is 1. The summed E-state index contributed by atoms with van der Waals surface area (Å²) >= 11 is 0. The summed E-state index contributed by atoms with van der Waals surface area (Å²) < 4.78 is 4.96. The number of carbonyl (C=O) groups is 2. The Kier molecular flexibility index (Phi) is 5.52. The molecule has 1 aromatic heterocycles. The van der Waals surface area contributed by atoms with Crippen molar-refractivity contribution in [2.75, 3.05) is 0 Å². The van der Waals surface area contributed by atoms with Gasteiger partial charge in [0.2, 0.25) is 5.76 Å². The van der Waals surface area contributed by atoms with E-state index < -0.39 is 17.9 Å². The summed E-state index contributed by atoms with van der Waals surface area (Å²) in [5.41, 5.74) is 0.678. The van der Waals surface area contributed by atoms with Crippen LogP contribution in [0.25, 0.3) is 0 Å². The Labute approximate surface area is 124 Å². The minimum atomic E-state index is -1.05. The molecule has 2 N–H and O–H groups in total. The molecule has 0 radical (unpaired) electrons. The van der Waals surface area contributed by atoms with Gasteiger partial charge in [0, 0.05) is 6.07 Å². The van der Waals surface area contributed by atoms with Crippen LogP contribution in [0.3, 0.4) is 0 Å². The molecule has 0 aliphatic carbocycles. The molecule has 0 aliphatic rings. The van der Waals surface area contributed by atoms with E-state index in [0.29, 0.717) is 18.5 Å². The molecule has 0 fully saturated rings. The van der Waals surface area contributed by atoms with Crippen LogP contribution in [0.5, 0.6) is 0 Å². The van der Waals surface area contributed by atoms with E-state index in [1.54, 1.807) is 6.07 Å². The maximum atomic E-state index is 12.0. The molecule has 0 spiro atoms. The lowest BCUT2D eigenvalue weighted by Crippen LogP contribution is -2.41. The van der Waals surface area contributed by atoms with E-state index >= 15 is 0 Å². The molecular formula is C15H24N2O4. The summed E-state index contributed by atoms with van der Waals surface area (Å²) in [6, 6.07) is 0.618. The number of hydrogen-bond acceptors (Lipinski definition) is 4. The molecule has 6 heteroatoms. The maximum absolute atomic E-state index is 12.0. The molecule has 118 valence electrons. The van der Waals surface area contributed by atoms with Crippen molar-refractivity contribution in [1.82, 2.24) is 10.5 Å². The maximum Gasteiger partial charge on any atom is 0.326 e. The molecule has 0 bridgehead atoms.